The van der Waals surface area contributed by atoms with Gasteiger partial charge in [-0.2, -0.15) is 0 Å². The van der Waals surface area contributed by atoms with E-state index in [2.05, 4.69) is 12.2 Å². The molecule has 12 heavy (non-hydrogen) atoms. The molecule has 0 spiro atoms. The van der Waals surface area contributed by atoms with Crippen LogP contribution in [0.15, 0.2) is 0 Å². The Morgan fingerprint density at radius 2 is 2.25 bits per heavy atom. The molecule has 1 unspecified atom stereocenters. The predicted octanol–water partition coefficient (Wildman–Crippen LogP) is 1.95. The second kappa shape index (κ2) is 6.44. The zero-order valence-electron chi connectivity index (χ0n) is 8.14. The summed E-state index contributed by atoms with van der Waals surface area (Å²) in [5.74, 6) is 0. The number of rotatable bonds is 4. The number of nitrogens with one attached hydrogen (secondary N) is 1. The van der Waals surface area contributed by atoms with Gasteiger partial charge in [0.15, 0.2) is 0 Å². The summed E-state index contributed by atoms with van der Waals surface area (Å²) >= 11 is 0. The summed E-state index contributed by atoms with van der Waals surface area (Å²) in [5, 5.41) is 3.39. The molecule has 0 saturated carbocycles. The highest BCUT2D eigenvalue weighted by Gasteiger charge is 2.10. The van der Waals surface area contributed by atoms with Crippen LogP contribution in [-0.2, 0) is 4.74 Å². The first kappa shape index (κ1) is 10.0. The Balaban J connectivity index is 2.04. The molecule has 0 amide bonds. The van der Waals surface area contributed by atoms with Gasteiger partial charge in [-0.3, -0.25) is 0 Å². The Bertz CT molecular complexity index is 98.0. The topological polar surface area (TPSA) is 21.3 Å². The van der Waals surface area contributed by atoms with E-state index in [1.165, 1.54) is 38.6 Å². The summed E-state index contributed by atoms with van der Waals surface area (Å²) in [6.45, 7) is 5.48. The molecule has 1 rings (SSSR count). The summed E-state index contributed by atoms with van der Waals surface area (Å²) in [7, 11) is 0. The lowest BCUT2D eigenvalue weighted by Crippen LogP contribution is -2.17. The summed E-state index contributed by atoms with van der Waals surface area (Å²) in [6.07, 6.45) is 6.71. The van der Waals surface area contributed by atoms with Crippen molar-refractivity contribution in [3.05, 3.63) is 0 Å². The van der Waals surface area contributed by atoms with E-state index < -0.39 is 0 Å². The third-order valence-electron chi connectivity index (χ3n) is 2.37. The SMILES string of the molecule is CCCCOC1CCCNCC1. The summed E-state index contributed by atoms with van der Waals surface area (Å²) in [6, 6.07) is 0. The third kappa shape index (κ3) is 4.07. The maximum absolute atomic E-state index is 5.76. The van der Waals surface area contributed by atoms with Crippen LogP contribution in [0.4, 0.5) is 0 Å². The molecule has 2 nitrogen and oxygen atoms in total. The van der Waals surface area contributed by atoms with E-state index in [0.717, 1.165) is 13.2 Å². The van der Waals surface area contributed by atoms with Crippen LogP contribution in [0.3, 0.4) is 0 Å². The fraction of sp³-hybridized carbons (Fsp3) is 1.00. The van der Waals surface area contributed by atoms with Crippen molar-refractivity contribution < 1.29 is 4.74 Å². The van der Waals surface area contributed by atoms with Gasteiger partial charge < -0.3 is 10.1 Å². The second-order valence-corrected chi connectivity index (χ2v) is 3.53. The maximum atomic E-state index is 5.76. The highest BCUT2D eigenvalue weighted by atomic mass is 16.5. The molecule has 0 aromatic rings. The normalized spacial score (nSPS) is 25.2. The molecule has 1 aliphatic heterocycles. The van der Waals surface area contributed by atoms with Gasteiger partial charge in [-0.25, -0.2) is 0 Å². The lowest BCUT2D eigenvalue weighted by atomic mass is 10.1. The largest absolute Gasteiger partial charge is 0.378 e. The minimum atomic E-state index is 0.534. The maximum Gasteiger partial charge on any atom is 0.0587 e. The van der Waals surface area contributed by atoms with Crippen LogP contribution in [0.25, 0.3) is 0 Å². The lowest BCUT2D eigenvalue weighted by molar-refractivity contribution is 0.0437. The molecule has 1 saturated heterocycles. The van der Waals surface area contributed by atoms with Crippen molar-refractivity contribution >= 4 is 0 Å². The number of ether oxygens (including phenoxy) is 1. The number of unbranched alkanes of at least 4 members (excludes halogenated alkanes) is 1. The Kier molecular flexibility index (Phi) is 5.37. The van der Waals surface area contributed by atoms with Gasteiger partial charge in [-0.1, -0.05) is 13.3 Å². The first-order valence-corrected chi connectivity index (χ1v) is 5.26. The van der Waals surface area contributed by atoms with E-state index in [1.807, 2.05) is 0 Å². The summed E-state index contributed by atoms with van der Waals surface area (Å²) in [4.78, 5) is 0. The van der Waals surface area contributed by atoms with Crippen LogP contribution < -0.4 is 5.32 Å². The molecule has 1 heterocycles. The van der Waals surface area contributed by atoms with Crippen molar-refractivity contribution in [1.29, 1.82) is 0 Å². The van der Waals surface area contributed by atoms with Crippen LogP contribution in [0.5, 0.6) is 0 Å². The van der Waals surface area contributed by atoms with Crippen molar-refractivity contribution in [3.63, 3.8) is 0 Å². The van der Waals surface area contributed by atoms with Gasteiger partial charge >= 0.3 is 0 Å². The quantitative estimate of drug-likeness (QED) is 0.653. The zero-order chi connectivity index (χ0) is 8.65. The highest BCUT2D eigenvalue weighted by Crippen LogP contribution is 2.09. The second-order valence-electron chi connectivity index (χ2n) is 3.53. The molecule has 0 aliphatic carbocycles. The third-order valence-corrected chi connectivity index (χ3v) is 2.37. The fourth-order valence-corrected chi connectivity index (χ4v) is 1.55. The first-order chi connectivity index (χ1) is 5.93. The first-order valence-electron chi connectivity index (χ1n) is 5.26. The van der Waals surface area contributed by atoms with Crippen molar-refractivity contribution in [1.82, 2.24) is 5.32 Å². The molecule has 0 aromatic heterocycles. The van der Waals surface area contributed by atoms with Gasteiger partial charge in [0.2, 0.25) is 0 Å². The molecule has 0 bridgehead atoms. The fourth-order valence-electron chi connectivity index (χ4n) is 1.55. The van der Waals surface area contributed by atoms with Crippen molar-refractivity contribution in [2.75, 3.05) is 19.7 Å². The van der Waals surface area contributed by atoms with Crippen molar-refractivity contribution in [2.45, 2.75) is 45.1 Å². The average Bonchev–Trinajstić information content (AvgIpc) is 2.33. The van der Waals surface area contributed by atoms with Gasteiger partial charge in [0.25, 0.3) is 0 Å². The summed E-state index contributed by atoms with van der Waals surface area (Å²) < 4.78 is 5.76. The molecule has 1 N–H and O–H groups in total. The molecule has 1 atom stereocenters. The molecule has 0 aromatic carbocycles. The van der Waals surface area contributed by atoms with E-state index in [0.29, 0.717) is 6.10 Å². The Hall–Kier alpha value is -0.0800. The molecule has 0 radical (unpaired) electrons. The standard InChI is InChI=1S/C10H21NO/c1-2-3-9-12-10-5-4-7-11-8-6-10/h10-11H,2-9H2,1H3. The van der Waals surface area contributed by atoms with Crippen LogP contribution in [0, 0.1) is 0 Å². The van der Waals surface area contributed by atoms with Crippen LogP contribution in [0.1, 0.15) is 39.0 Å². The Morgan fingerprint density at radius 3 is 3.08 bits per heavy atom. The minimum Gasteiger partial charge on any atom is -0.378 e. The molecular formula is C10H21NO. The number of hydrogen-bond acceptors (Lipinski definition) is 2. The van der Waals surface area contributed by atoms with Crippen molar-refractivity contribution in [3.8, 4) is 0 Å². The smallest absolute Gasteiger partial charge is 0.0587 e. The van der Waals surface area contributed by atoms with Crippen LogP contribution >= 0.6 is 0 Å². The van der Waals surface area contributed by atoms with Gasteiger partial charge in [0.05, 0.1) is 6.10 Å². The van der Waals surface area contributed by atoms with E-state index in [4.69, 9.17) is 4.74 Å². The van der Waals surface area contributed by atoms with Crippen LogP contribution in [-0.4, -0.2) is 25.8 Å². The zero-order valence-corrected chi connectivity index (χ0v) is 8.14. The lowest BCUT2D eigenvalue weighted by Gasteiger charge is -2.14. The molecule has 2 heteroatoms. The monoisotopic (exact) mass is 171 g/mol. The van der Waals surface area contributed by atoms with Crippen LogP contribution in [0.2, 0.25) is 0 Å². The van der Waals surface area contributed by atoms with Crippen molar-refractivity contribution in [2.24, 2.45) is 0 Å². The summed E-state index contributed by atoms with van der Waals surface area (Å²) in [5.41, 5.74) is 0. The van der Waals surface area contributed by atoms with E-state index >= 15 is 0 Å². The average molecular weight is 171 g/mol. The molecule has 72 valence electrons. The van der Waals surface area contributed by atoms with Gasteiger partial charge in [0.1, 0.15) is 0 Å². The molecule has 1 aliphatic rings. The van der Waals surface area contributed by atoms with E-state index in [-0.39, 0.29) is 0 Å². The highest BCUT2D eigenvalue weighted by molar-refractivity contribution is 4.66. The Morgan fingerprint density at radius 1 is 1.33 bits per heavy atom. The predicted molar refractivity (Wildman–Crippen MR) is 51.4 cm³/mol. The van der Waals surface area contributed by atoms with Gasteiger partial charge in [0, 0.05) is 6.61 Å². The van der Waals surface area contributed by atoms with E-state index in [9.17, 15) is 0 Å². The number of hydrogen-bond donors (Lipinski definition) is 1. The van der Waals surface area contributed by atoms with Gasteiger partial charge in [-0.05, 0) is 38.8 Å². The minimum absolute atomic E-state index is 0.534. The Labute approximate surface area is 75.7 Å². The van der Waals surface area contributed by atoms with Gasteiger partial charge in [-0.15, -0.1) is 0 Å². The van der Waals surface area contributed by atoms with E-state index in [1.54, 1.807) is 0 Å². The molecule has 1 fully saturated rings. The molecular weight excluding hydrogens is 150 g/mol.